The molecule has 0 spiro atoms. The summed E-state index contributed by atoms with van der Waals surface area (Å²) in [5.41, 5.74) is 1.72. The number of ether oxygens (including phenoxy) is 1. The Morgan fingerprint density at radius 3 is 2.42 bits per heavy atom. The third-order valence-corrected chi connectivity index (χ3v) is 4.45. The number of likely N-dealkylation sites (N-methyl/N-ethyl adjacent to an activating group) is 1. The summed E-state index contributed by atoms with van der Waals surface area (Å²) in [6.07, 6.45) is 0. The maximum atomic E-state index is 13.3. The molecule has 1 heterocycles. The van der Waals surface area contributed by atoms with Gasteiger partial charge in [0.15, 0.2) is 5.60 Å². The standard InChI is InChI=1S/C19H22N2O2.ClH/c1-3-20-13-14-21-17-12-8-7-11-16(17)19(23-2,18(21)22)15-9-5-4-6-10-15;/h4-12,20H,3,13-14H2,1-2H3;1H. The molecular formula is C19H23ClN2O2. The van der Waals surface area contributed by atoms with E-state index in [4.69, 9.17) is 4.74 Å². The highest BCUT2D eigenvalue weighted by Gasteiger charge is 2.52. The maximum Gasteiger partial charge on any atom is 0.268 e. The first kappa shape index (κ1) is 18.5. The largest absolute Gasteiger partial charge is 1.00 e. The lowest BCUT2D eigenvalue weighted by Crippen LogP contribution is -3.00. The van der Waals surface area contributed by atoms with Crippen LogP contribution in [-0.2, 0) is 15.1 Å². The Labute approximate surface area is 149 Å². The van der Waals surface area contributed by atoms with Gasteiger partial charge in [-0.15, -0.1) is 0 Å². The summed E-state index contributed by atoms with van der Waals surface area (Å²) in [5.74, 6) is -0.00287. The van der Waals surface area contributed by atoms with E-state index in [1.807, 2.05) is 59.5 Å². The van der Waals surface area contributed by atoms with Gasteiger partial charge in [-0.05, 0) is 18.6 Å². The van der Waals surface area contributed by atoms with Crippen molar-refractivity contribution in [2.24, 2.45) is 0 Å². The summed E-state index contributed by atoms with van der Waals surface area (Å²) < 4.78 is 5.86. The van der Waals surface area contributed by atoms with Crippen LogP contribution < -0.4 is 22.6 Å². The fourth-order valence-electron chi connectivity index (χ4n) is 3.33. The van der Waals surface area contributed by atoms with E-state index in [0.29, 0.717) is 6.54 Å². The molecule has 0 saturated carbocycles. The number of halogens is 1. The normalized spacial score (nSPS) is 19.1. The molecule has 2 aromatic rings. The third kappa shape index (κ3) is 2.81. The number of nitrogens with zero attached hydrogens (tertiary/aromatic N) is 1. The Morgan fingerprint density at radius 2 is 1.75 bits per heavy atom. The number of carbonyl (C=O) groups excluding carboxylic acids is 1. The SMILES string of the molecule is CC[NH2+]CCN1C(=O)C(OC)(c2ccccc2)c2ccccc21.[Cl-]. The minimum atomic E-state index is -1.04. The van der Waals surface area contributed by atoms with Crippen LogP contribution >= 0.6 is 0 Å². The average molecular weight is 347 g/mol. The lowest BCUT2D eigenvalue weighted by atomic mass is 9.87. The van der Waals surface area contributed by atoms with Crippen molar-refractivity contribution in [1.29, 1.82) is 0 Å². The number of hydrogen-bond acceptors (Lipinski definition) is 2. The van der Waals surface area contributed by atoms with Gasteiger partial charge in [0.2, 0.25) is 0 Å². The molecule has 1 atom stereocenters. The van der Waals surface area contributed by atoms with Crippen molar-refractivity contribution in [2.45, 2.75) is 12.5 Å². The van der Waals surface area contributed by atoms with Crippen LogP contribution in [0.3, 0.4) is 0 Å². The maximum absolute atomic E-state index is 13.3. The second kappa shape index (κ2) is 7.79. The molecule has 5 heteroatoms. The first-order valence-electron chi connectivity index (χ1n) is 8.09. The minimum absolute atomic E-state index is 0. The number of carbonyl (C=O) groups is 1. The van der Waals surface area contributed by atoms with Crippen molar-refractivity contribution >= 4 is 11.6 Å². The molecule has 0 aliphatic carbocycles. The molecule has 24 heavy (non-hydrogen) atoms. The number of benzene rings is 2. The van der Waals surface area contributed by atoms with E-state index in [1.165, 1.54) is 0 Å². The van der Waals surface area contributed by atoms with Crippen molar-refractivity contribution in [3.05, 3.63) is 65.7 Å². The summed E-state index contributed by atoms with van der Waals surface area (Å²) in [5, 5.41) is 2.20. The number of rotatable bonds is 6. The zero-order chi connectivity index (χ0) is 16.3. The number of anilines is 1. The van der Waals surface area contributed by atoms with E-state index >= 15 is 0 Å². The number of hydrogen-bond donors (Lipinski definition) is 1. The van der Waals surface area contributed by atoms with E-state index in [1.54, 1.807) is 7.11 Å². The summed E-state index contributed by atoms with van der Waals surface area (Å²) >= 11 is 0. The molecule has 3 rings (SSSR count). The molecule has 1 unspecified atom stereocenters. The number of nitrogens with two attached hydrogens (primary N) is 1. The minimum Gasteiger partial charge on any atom is -1.00 e. The van der Waals surface area contributed by atoms with Gasteiger partial charge in [-0.1, -0.05) is 48.5 Å². The molecule has 1 aliphatic rings. The number of quaternary nitrogens is 1. The topological polar surface area (TPSA) is 46.2 Å². The molecule has 4 nitrogen and oxygen atoms in total. The van der Waals surface area contributed by atoms with Gasteiger partial charge in [-0.3, -0.25) is 4.79 Å². The second-order valence-corrected chi connectivity index (χ2v) is 5.71. The number of amides is 1. The van der Waals surface area contributed by atoms with Gasteiger partial charge in [-0.2, -0.15) is 0 Å². The van der Waals surface area contributed by atoms with E-state index in [0.717, 1.165) is 29.9 Å². The van der Waals surface area contributed by atoms with Gasteiger partial charge in [0.25, 0.3) is 5.91 Å². The van der Waals surface area contributed by atoms with Crippen LogP contribution in [0.2, 0.25) is 0 Å². The lowest BCUT2D eigenvalue weighted by molar-refractivity contribution is -0.649. The van der Waals surface area contributed by atoms with Crippen molar-refractivity contribution < 1.29 is 27.3 Å². The molecule has 2 aromatic carbocycles. The Kier molecular flexibility index (Phi) is 5.99. The van der Waals surface area contributed by atoms with E-state index in [9.17, 15) is 4.79 Å². The highest BCUT2D eigenvalue weighted by molar-refractivity contribution is 6.09. The van der Waals surface area contributed by atoms with E-state index < -0.39 is 5.60 Å². The first-order valence-corrected chi connectivity index (χ1v) is 8.09. The van der Waals surface area contributed by atoms with Crippen LogP contribution in [0.15, 0.2) is 54.6 Å². The van der Waals surface area contributed by atoms with Gasteiger partial charge in [-0.25, -0.2) is 0 Å². The van der Waals surface area contributed by atoms with Gasteiger partial charge in [0.1, 0.15) is 0 Å². The van der Waals surface area contributed by atoms with Crippen molar-refractivity contribution in [3.63, 3.8) is 0 Å². The molecule has 2 N–H and O–H groups in total. The van der Waals surface area contributed by atoms with Gasteiger partial charge in [0.05, 0.1) is 25.3 Å². The number of para-hydroxylation sites is 1. The summed E-state index contributed by atoms with van der Waals surface area (Å²) in [6.45, 7) is 4.69. The van der Waals surface area contributed by atoms with E-state index in [-0.39, 0.29) is 18.3 Å². The predicted molar refractivity (Wildman–Crippen MR) is 90.4 cm³/mol. The van der Waals surface area contributed by atoms with Crippen molar-refractivity contribution in [1.82, 2.24) is 0 Å². The van der Waals surface area contributed by atoms with Crippen LogP contribution in [0.4, 0.5) is 5.69 Å². The summed E-state index contributed by atoms with van der Waals surface area (Å²) in [7, 11) is 1.61. The second-order valence-electron chi connectivity index (χ2n) is 5.71. The Balaban J connectivity index is 0.00000208. The zero-order valence-corrected chi connectivity index (χ0v) is 14.8. The Hall–Kier alpha value is -1.88. The zero-order valence-electron chi connectivity index (χ0n) is 14.0. The summed E-state index contributed by atoms with van der Waals surface area (Å²) in [4.78, 5) is 15.2. The smallest absolute Gasteiger partial charge is 0.268 e. The van der Waals surface area contributed by atoms with Crippen LogP contribution in [-0.4, -0.2) is 32.7 Å². The van der Waals surface area contributed by atoms with E-state index in [2.05, 4.69) is 12.2 Å². The molecule has 128 valence electrons. The molecular weight excluding hydrogens is 324 g/mol. The quantitative estimate of drug-likeness (QED) is 0.648. The first-order chi connectivity index (χ1) is 11.3. The number of fused-ring (bicyclic) bond motifs is 1. The van der Waals surface area contributed by atoms with Crippen LogP contribution in [0.1, 0.15) is 18.1 Å². The molecule has 1 aliphatic heterocycles. The van der Waals surface area contributed by atoms with Gasteiger partial charge in [0, 0.05) is 12.7 Å². The monoisotopic (exact) mass is 346 g/mol. The molecule has 1 amide bonds. The Morgan fingerprint density at radius 1 is 1.08 bits per heavy atom. The molecule has 0 fully saturated rings. The molecule has 0 aromatic heterocycles. The summed E-state index contributed by atoms with van der Waals surface area (Å²) in [6, 6.07) is 17.7. The molecule has 0 saturated heterocycles. The third-order valence-electron chi connectivity index (χ3n) is 4.45. The average Bonchev–Trinajstić information content (AvgIpc) is 2.85. The predicted octanol–water partition coefficient (Wildman–Crippen LogP) is -1.49. The van der Waals surface area contributed by atoms with Gasteiger partial charge < -0.3 is 27.4 Å². The van der Waals surface area contributed by atoms with Crippen molar-refractivity contribution in [3.8, 4) is 0 Å². The van der Waals surface area contributed by atoms with Crippen LogP contribution in [0.25, 0.3) is 0 Å². The highest BCUT2D eigenvalue weighted by atomic mass is 35.5. The Bertz CT molecular complexity index is 693. The lowest BCUT2D eigenvalue weighted by Gasteiger charge is -2.27. The fraction of sp³-hybridized carbons (Fsp3) is 0.316. The number of methoxy groups -OCH3 is 1. The van der Waals surface area contributed by atoms with Crippen LogP contribution in [0.5, 0.6) is 0 Å². The highest BCUT2D eigenvalue weighted by Crippen LogP contribution is 2.46. The molecule has 0 bridgehead atoms. The van der Waals surface area contributed by atoms with Crippen LogP contribution in [0, 0.1) is 0 Å². The van der Waals surface area contributed by atoms with Gasteiger partial charge >= 0.3 is 0 Å². The molecule has 0 radical (unpaired) electrons. The van der Waals surface area contributed by atoms with Crippen molar-refractivity contribution in [2.75, 3.05) is 31.6 Å². The fourth-order valence-corrected chi connectivity index (χ4v) is 3.33.